The van der Waals surface area contributed by atoms with E-state index in [1.54, 1.807) is 11.3 Å². The van der Waals surface area contributed by atoms with Crippen molar-refractivity contribution in [1.82, 2.24) is 5.32 Å². The third-order valence-corrected chi connectivity index (χ3v) is 5.13. The molecule has 21 heavy (non-hydrogen) atoms. The molecule has 0 aliphatic heterocycles. The van der Waals surface area contributed by atoms with E-state index < -0.39 is 6.10 Å². The van der Waals surface area contributed by atoms with Crippen LogP contribution in [0.1, 0.15) is 30.9 Å². The maximum atomic E-state index is 9.94. The summed E-state index contributed by atoms with van der Waals surface area (Å²) in [6, 6.07) is 0. The third kappa shape index (κ3) is 5.55. The van der Waals surface area contributed by atoms with Gasteiger partial charge in [0.25, 0.3) is 0 Å². The number of rotatable bonds is 8. The lowest BCUT2D eigenvalue weighted by Gasteiger charge is -2.25. The van der Waals surface area contributed by atoms with Crippen molar-refractivity contribution >= 4 is 11.3 Å². The van der Waals surface area contributed by atoms with E-state index in [1.165, 1.54) is 11.1 Å². The van der Waals surface area contributed by atoms with Crippen LogP contribution in [0.3, 0.4) is 0 Å². The number of hydrogen-bond acceptors (Lipinski definition) is 4. The van der Waals surface area contributed by atoms with Crippen LogP contribution in [-0.2, 0) is 11.3 Å². The van der Waals surface area contributed by atoms with E-state index in [2.05, 4.69) is 42.1 Å². The van der Waals surface area contributed by atoms with Gasteiger partial charge < -0.3 is 15.2 Å². The van der Waals surface area contributed by atoms with Crippen molar-refractivity contribution in [3.8, 4) is 0 Å². The molecule has 118 valence electrons. The lowest BCUT2D eigenvalue weighted by molar-refractivity contribution is 0.0127. The van der Waals surface area contributed by atoms with Crippen molar-refractivity contribution in [1.29, 1.82) is 0 Å². The van der Waals surface area contributed by atoms with Gasteiger partial charge in [0.1, 0.15) is 0 Å². The maximum Gasteiger partial charge on any atom is 0.0897 e. The summed E-state index contributed by atoms with van der Waals surface area (Å²) in [7, 11) is 0. The van der Waals surface area contributed by atoms with Crippen molar-refractivity contribution in [2.75, 3.05) is 19.8 Å². The normalized spacial score (nSPS) is 23.4. The van der Waals surface area contributed by atoms with Gasteiger partial charge in [-0.05, 0) is 53.5 Å². The summed E-state index contributed by atoms with van der Waals surface area (Å²) in [6.07, 6.45) is 6.32. The minimum Gasteiger partial charge on any atom is -0.389 e. The molecule has 0 aromatic carbocycles. The minimum absolute atomic E-state index is 0.419. The molecule has 3 atom stereocenters. The van der Waals surface area contributed by atoms with Gasteiger partial charge in [-0.1, -0.05) is 19.1 Å². The molecule has 1 aliphatic rings. The fraction of sp³-hybridized carbons (Fsp3) is 0.647. The molecule has 0 amide bonds. The Labute approximate surface area is 132 Å². The highest BCUT2D eigenvalue weighted by atomic mass is 32.1. The molecular formula is C17H27NO2S. The zero-order valence-electron chi connectivity index (χ0n) is 13.0. The molecule has 4 heteroatoms. The van der Waals surface area contributed by atoms with Gasteiger partial charge in [0, 0.05) is 13.1 Å². The van der Waals surface area contributed by atoms with Crippen LogP contribution in [-0.4, -0.2) is 31.0 Å². The SMILES string of the molecule is Cc1cscc1CNCC(O)COCC1CC=CCC1C. The van der Waals surface area contributed by atoms with Gasteiger partial charge in [-0.2, -0.15) is 11.3 Å². The molecule has 0 saturated heterocycles. The van der Waals surface area contributed by atoms with Crippen LogP contribution in [0.2, 0.25) is 0 Å². The maximum absolute atomic E-state index is 9.94. The predicted molar refractivity (Wildman–Crippen MR) is 88.6 cm³/mol. The second-order valence-corrected chi connectivity index (χ2v) is 6.83. The Morgan fingerprint density at radius 2 is 2.19 bits per heavy atom. The molecule has 0 fully saturated rings. The zero-order valence-corrected chi connectivity index (χ0v) is 13.9. The first kappa shape index (κ1) is 16.7. The molecule has 1 heterocycles. The van der Waals surface area contributed by atoms with Gasteiger partial charge in [-0.15, -0.1) is 0 Å². The number of hydrogen-bond donors (Lipinski definition) is 2. The van der Waals surface area contributed by atoms with Crippen LogP contribution >= 0.6 is 11.3 Å². The molecule has 2 N–H and O–H groups in total. The van der Waals surface area contributed by atoms with Crippen molar-refractivity contribution in [3.63, 3.8) is 0 Å². The largest absolute Gasteiger partial charge is 0.389 e. The van der Waals surface area contributed by atoms with Crippen LogP contribution in [0, 0.1) is 18.8 Å². The van der Waals surface area contributed by atoms with E-state index in [9.17, 15) is 5.11 Å². The average molecular weight is 309 g/mol. The van der Waals surface area contributed by atoms with Gasteiger partial charge in [-0.3, -0.25) is 0 Å². The summed E-state index contributed by atoms with van der Waals surface area (Å²) in [5, 5.41) is 17.5. The Hall–Kier alpha value is -0.680. The number of aryl methyl sites for hydroxylation is 1. The quantitative estimate of drug-likeness (QED) is 0.725. The second kappa shape index (κ2) is 8.69. The second-order valence-electron chi connectivity index (χ2n) is 6.08. The molecule has 0 spiro atoms. The van der Waals surface area contributed by atoms with Crippen LogP contribution in [0.4, 0.5) is 0 Å². The first-order chi connectivity index (χ1) is 10.2. The van der Waals surface area contributed by atoms with Gasteiger partial charge in [0.15, 0.2) is 0 Å². The molecule has 0 radical (unpaired) electrons. The average Bonchev–Trinajstić information content (AvgIpc) is 2.87. The molecule has 2 rings (SSSR count). The lowest BCUT2D eigenvalue weighted by atomic mass is 9.85. The topological polar surface area (TPSA) is 41.5 Å². The third-order valence-electron chi connectivity index (χ3n) is 4.22. The molecule has 0 saturated carbocycles. The van der Waals surface area contributed by atoms with Gasteiger partial charge in [0.05, 0.1) is 19.3 Å². The number of thiophene rings is 1. The first-order valence-electron chi connectivity index (χ1n) is 7.80. The fourth-order valence-corrected chi connectivity index (χ4v) is 3.45. The highest BCUT2D eigenvalue weighted by molar-refractivity contribution is 7.08. The molecule has 3 nitrogen and oxygen atoms in total. The van der Waals surface area contributed by atoms with Crippen LogP contribution in [0.25, 0.3) is 0 Å². The van der Waals surface area contributed by atoms with E-state index in [0.29, 0.717) is 25.0 Å². The molecule has 1 aliphatic carbocycles. The summed E-state index contributed by atoms with van der Waals surface area (Å²) in [4.78, 5) is 0. The Morgan fingerprint density at radius 1 is 1.38 bits per heavy atom. The molecule has 3 unspecified atom stereocenters. The summed E-state index contributed by atoms with van der Waals surface area (Å²) in [6.45, 7) is 6.96. The summed E-state index contributed by atoms with van der Waals surface area (Å²) < 4.78 is 5.69. The number of nitrogens with one attached hydrogen (secondary N) is 1. The standard InChI is InChI=1S/C17H27NO2S/c1-13-5-3-4-6-15(13)9-20-10-17(19)8-18-7-16-12-21-11-14(16)2/h3-4,11-13,15,17-19H,5-10H2,1-2H3. The zero-order chi connectivity index (χ0) is 15.1. The summed E-state index contributed by atoms with van der Waals surface area (Å²) in [5.74, 6) is 1.29. The van der Waals surface area contributed by atoms with Crippen LogP contribution in [0.5, 0.6) is 0 Å². The Morgan fingerprint density at radius 3 is 2.90 bits per heavy atom. The van der Waals surface area contributed by atoms with Crippen molar-refractivity contribution in [2.45, 2.75) is 39.3 Å². The van der Waals surface area contributed by atoms with E-state index in [0.717, 1.165) is 26.0 Å². The molecule has 0 bridgehead atoms. The minimum atomic E-state index is -0.432. The van der Waals surface area contributed by atoms with Crippen LogP contribution < -0.4 is 5.32 Å². The van der Waals surface area contributed by atoms with Gasteiger partial charge >= 0.3 is 0 Å². The highest BCUT2D eigenvalue weighted by Crippen LogP contribution is 2.24. The predicted octanol–water partition coefficient (Wildman–Crippen LogP) is 3.13. The number of ether oxygens (including phenoxy) is 1. The Balaban J connectivity index is 1.56. The molecule has 1 aromatic heterocycles. The van der Waals surface area contributed by atoms with Gasteiger partial charge in [-0.25, -0.2) is 0 Å². The van der Waals surface area contributed by atoms with Crippen LogP contribution in [0.15, 0.2) is 22.9 Å². The Kier molecular flexibility index (Phi) is 6.90. The van der Waals surface area contributed by atoms with E-state index in [4.69, 9.17) is 4.74 Å². The smallest absolute Gasteiger partial charge is 0.0897 e. The highest BCUT2D eigenvalue weighted by Gasteiger charge is 2.18. The summed E-state index contributed by atoms with van der Waals surface area (Å²) >= 11 is 1.72. The summed E-state index contributed by atoms with van der Waals surface area (Å²) in [5.41, 5.74) is 2.63. The number of aliphatic hydroxyl groups excluding tert-OH is 1. The van der Waals surface area contributed by atoms with Gasteiger partial charge in [0.2, 0.25) is 0 Å². The van der Waals surface area contributed by atoms with Crippen molar-refractivity contribution in [2.24, 2.45) is 11.8 Å². The van der Waals surface area contributed by atoms with Crippen molar-refractivity contribution in [3.05, 3.63) is 34.0 Å². The number of aliphatic hydroxyl groups is 1. The van der Waals surface area contributed by atoms with Crippen molar-refractivity contribution < 1.29 is 9.84 Å². The molecule has 1 aromatic rings. The lowest BCUT2D eigenvalue weighted by Crippen LogP contribution is -2.31. The van der Waals surface area contributed by atoms with E-state index in [-0.39, 0.29) is 0 Å². The van der Waals surface area contributed by atoms with E-state index in [1.807, 2.05) is 0 Å². The monoisotopic (exact) mass is 309 g/mol. The number of allylic oxidation sites excluding steroid dienone is 2. The fourth-order valence-electron chi connectivity index (χ4n) is 2.59. The van der Waals surface area contributed by atoms with E-state index >= 15 is 0 Å². The molecular weight excluding hydrogens is 282 g/mol. The Bertz CT molecular complexity index is 444. The first-order valence-corrected chi connectivity index (χ1v) is 8.74.